The van der Waals surface area contributed by atoms with E-state index in [2.05, 4.69) is 15.0 Å². The zero-order chi connectivity index (χ0) is 19.4. The van der Waals surface area contributed by atoms with Crippen molar-refractivity contribution < 1.29 is 28.5 Å². The van der Waals surface area contributed by atoms with Gasteiger partial charge in [0.05, 0.1) is 0 Å². The highest BCUT2D eigenvalue weighted by atomic mass is 16.5. The van der Waals surface area contributed by atoms with Crippen molar-refractivity contribution in [3.63, 3.8) is 0 Å². The van der Waals surface area contributed by atoms with Gasteiger partial charge in [0.2, 0.25) is 24.3 Å². The van der Waals surface area contributed by atoms with Gasteiger partial charge in [-0.3, -0.25) is 19.5 Å². The monoisotopic (exact) mass is 374 g/mol. The van der Waals surface area contributed by atoms with Crippen LogP contribution in [0.1, 0.15) is 0 Å². The van der Waals surface area contributed by atoms with Crippen molar-refractivity contribution in [1.29, 1.82) is 0 Å². The fraction of sp³-hybridized carbons (Fsp3) is 0.714. The Kier molecular flexibility index (Phi) is 10.3. The van der Waals surface area contributed by atoms with E-state index in [0.29, 0.717) is 6.41 Å². The van der Waals surface area contributed by atoms with E-state index >= 15 is 0 Å². The van der Waals surface area contributed by atoms with Gasteiger partial charge < -0.3 is 23.7 Å². The molecule has 0 aromatic carbocycles. The summed E-state index contributed by atoms with van der Waals surface area (Å²) in [5.74, 6) is 0.624. The molecule has 1 aromatic rings. The number of carbonyl (C=O) groups excluding carboxylic acids is 1. The number of anilines is 3. The van der Waals surface area contributed by atoms with Crippen LogP contribution in [0.15, 0.2) is 0 Å². The normalized spacial score (nSPS) is 10.7. The predicted molar refractivity (Wildman–Crippen MR) is 92.7 cm³/mol. The van der Waals surface area contributed by atoms with Crippen LogP contribution in [0.2, 0.25) is 0 Å². The van der Waals surface area contributed by atoms with Crippen LogP contribution in [0.4, 0.5) is 17.8 Å². The van der Waals surface area contributed by atoms with Crippen LogP contribution in [-0.4, -0.2) is 90.6 Å². The second kappa shape index (κ2) is 12.3. The van der Waals surface area contributed by atoms with E-state index in [4.69, 9.17) is 23.7 Å². The molecule has 12 nitrogen and oxygen atoms in total. The van der Waals surface area contributed by atoms with Crippen LogP contribution in [0.5, 0.6) is 0 Å². The largest absolute Gasteiger partial charge is 0.364 e. The van der Waals surface area contributed by atoms with E-state index in [0.717, 1.165) is 0 Å². The van der Waals surface area contributed by atoms with Crippen molar-refractivity contribution in [2.75, 3.05) is 83.9 Å². The third kappa shape index (κ3) is 6.31. The van der Waals surface area contributed by atoms with Gasteiger partial charge in [0.1, 0.15) is 33.7 Å². The number of carbonyl (C=O) groups is 1. The fourth-order valence-corrected chi connectivity index (χ4v) is 1.96. The molecular formula is C14H26N6O6. The Morgan fingerprint density at radius 2 is 1.00 bits per heavy atom. The van der Waals surface area contributed by atoms with Crippen molar-refractivity contribution in [3.05, 3.63) is 0 Å². The summed E-state index contributed by atoms with van der Waals surface area (Å²) in [6.07, 6.45) is 0.570. The van der Waals surface area contributed by atoms with Gasteiger partial charge in [-0.1, -0.05) is 0 Å². The summed E-state index contributed by atoms with van der Waals surface area (Å²) in [6.45, 7) is 0.691. The number of hydrogen-bond donors (Lipinski definition) is 0. The van der Waals surface area contributed by atoms with Gasteiger partial charge in [-0.25, -0.2) is 0 Å². The molecule has 1 amide bonds. The molecule has 1 rings (SSSR count). The molecule has 26 heavy (non-hydrogen) atoms. The van der Waals surface area contributed by atoms with Crippen molar-refractivity contribution in [1.82, 2.24) is 15.0 Å². The van der Waals surface area contributed by atoms with E-state index in [1.807, 2.05) is 0 Å². The first kappa shape index (κ1) is 21.9. The van der Waals surface area contributed by atoms with E-state index in [9.17, 15) is 4.79 Å². The third-order valence-corrected chi connectivity index (χ3v) is 2.96. The minimum Gasteiger partial charge on any atom is -0.364 e. The summed E-state index contributed by atoms with van der Waals surface area (Å²) in [6, 6.07) is 0. The second-order valence-corrected chi connectivity index (χ2v) is 4.98. The lowest BCUT2D eigenvalue weighted by molar-refractivity contribution is -0.108. The summed E-state index contributed by atoms with van der Waals surface area (Å²) in [5, 5.41) is 0. The van der Waals surface area contributed by atoms with Gasteiger partial charge in [-0.15, -0.1) is 0 Å². The highest BCUT2D eigenvalue weighted by molar-refractivity contribution is 5.71. The van der Waals surface area contributed by atoms with Crippen molar-refractivity contribution in [2.45, 2.75) is 0 Å². The molecular weight excluding hydrogens is 348 g/mol. The van der Waals surface area contributed by atoms with E-state index in [1.54, 1.807) is 9.80 Å². The van der Waals surface area contributed by atoms with Gasteiger partial charge in [0, 0.05) is 35.5 Å². The molecule has 0 radical (unpaired) electrons. The molecule has 0 saturated carbocycles. The molecule has 0 unspecified atom stereocenters. The van der Waals surface area contributed by atoms with Crippen LogP contribution in [-0.2, 0) is 28.5 Å². The van der Waals surface area contributed by atoms with Gasteiger partial charge in [0.25, 0.3) is 0 Å². The van der Waals surface area contributed by atoms with Crippen molar-refractivity contribution in [2.24, 2.45) is 0 Å². The first-order valence-electron chi connectivity index (χ1n) is 7.57. The molecule has 1 aromatic heterocycles. The number of hydrogen-bond acceptors (Lipinski definition) is 11. The second-order valence-electron chi connectivity index (χ2n) is 4.98. The zero-order valence-corrected chi connectivity index (χ0v) is 15.7. The molecule has 0 atom stereocenters. The summed E-state index contributed by atoms with van der Waals surface area (Å²) in [4.78, 5) is 28.9. The number of amides is 1. The van der Waals surface area contributed by atoms with Crippen LogP contribution in [0, 0.1) is 0 Å². The Labute approximate surface area is 152 Å². The molecule has 1 heterocycles. The molecule has 0 aliphatic rings. The lowest BCUT2D eigenvalue weighted by Gasteiger charge is -2.26. The topological polar surface area (TPSA) is 112 Å². The van der Waals surface area contributed by atoms with Gasteiger partial charge in [0.15, 0.2) is 0 Å². The standard InChI is InChI=1S/C14H26N6O6/c1-22-7-18(6-21)12-15-13(19(8-23-2)9-24-3)17-14(16-12)20(10-25-4)11-26-5/h6H,7-11H2,1-5H3. The quantitative estimate of drug-likeness (QED) is 0.309. The number of ether oxygens (including phenoxy) is 5. The van der Waals surface area contributed by atoms with E-state index in [-0.39, 0.29) is 51.5 Å². The molecule has 0 saturated heterocycles. The lowest BCUT2D eigenvalue weighted by atomic mass is 10.6. The summed E-state index contributed by atoms with van der Waals surface area (Å²) in [7, 11) is 7.61. The third-order valence-electron chi connectivity index (χ3n) is 2.96. The Hall–Kier alpha value is -2.12. The summed E-state index contributed by atoms with van der Waals surface area (Å²) < 4.78 is 25.6. The molecule has 0 aliphatic carbocycles. The minimum absolute atomic E-state index is 0.0183. The van der Waals surface area contributed by atoms with Gasteiger partial charge in [-0.05, 0) is 0 Å². The molecule has 148 valence electrons. The first-order valence-corrected chi connectivity index (χ1v) is 7.57. The molecule has 12 heteroatoms. The van der Waals surface area contributed by atoms with Crippen LogP contribution >= 0.6 is 0 Å². The Morgan fingerprint density at radius 3 is 1.31 bits per heavy atom. The van der Waals surface area contributed by atoms with Crippen LogP contribution in [0.3, 0.4) is 0 Å². The number of rotatable bonds is 14. The average molecular weight is 374 g/mol. The maximum absolute atomic E-state index is 11.4. The Balaban J connectivity index is 3.37. The first-order chi connectivity index (χ1) is 12.6. The van der Waals surface area contributed by atoms with Gasteiger partial charge in [-0.2, -0.15) is 15.0 Å². The average Bonchev–Trinajstić information content (AvgIpc) is 2.65. The predicted octanol–water partition coefficient (Wildman–Crippen LogP) is -0.533. The highest BCUT2D eigenvalue weighted by Crippen LogP contribution is 2.19. The van der Waals surface area contributed by atoms with Crippen molar-refractivity contribution in [3.8, 4) is 0 Å². The minimum atomic E-state index is -0.0183. The van der Waals surface area contributed by atoms with Crippen LogP contribution in [0.25, 0.3) is 0 Å². The lowest BCUT2D eigenvalue weighted by Crippen LogP contribution is -2.35. The zero-order valence-electron chi connectivity index (χ0n) is 15.7. The highest BCUT2D eigenvalue weighted by Gasteiger charge is 2.20. The smallest absolute Gasteiger partial charge is 0.240 e. The maximum atomic E-state index is 11.4. The van der Waals surface area contributed by atoms with Crippen molar-refractivity contribution >= 4 is 24.3 Å². The molecule has 0 N–H and O–H groups in total. The number of aromatic nitrogens is 3. The van der Waals surface area contributed by atoms with E-state index in [1.165, 1.54) is 40.4 Å². The number of nitrogens with zero attached hydrogens (tertiary/aromatic N) is 6. The molecule has 0 fully saturated rings. The SMILES string of the molecule is COCN(C=O)c1nc(N(COC)COC)nc(N(COC)COC)n1. The summed E-state index contributed by atoms with van der Waals surface area (Å²) in [5.41, 5.74) is 0. The maximum Gasteiger partial charge on any atom is 0.240 e. The van der Waals surface area contributed by atoms with Gasteiger partial charge >= 0.3 is 0 Å². The molecule has 0 spiro atoms. The summed E-state index contributed by atoms with van der Waals surface area (Å²) >= 11 is 0. The molecule has 0 bridgehead atoms. The van der Waals surface area contributed by atoms with Crippen LogP contribution < -0.4 is 14.7 Å². The Bertz CT molecular complexity index is 490. The Morgan fingerprint density at radius 1 is 0.654 bits per heavy atom. The molecule has 0 aliphatic heterocycles. The number of methoxy groups -OCH3 is 5. The van der Waals surface area contributed by atoms with E-state index < -0.39 is 0 Å². The fourth-order valence-electron chi connectivity index (χ4n) is 1.96.